The molecule has 2 aromatic carbocycles. The number of para-hydroxylation sites is 1. The minimum atomic E-state index is -2.87. The maximum absolute atomic E-state index is 12.5. The van der Waals surface area contributed by atoms with E-state index in [1.807, 2.05) is 25.1 Å². The predicted octanol–water partition coefficient (Wildman–Crippen LogP) is 4.18. The summed E-state index contributed by atoms with van der Waals surface area (Å²) < 4.78 is 40.4. The van der Waals surface area contributed by atoms with Gasteiger partial charge in [0.15, 0.2) is 17.5 Å². The largest absolute Gasteiger partial charge is 0.493 e. The van der Waals surface area contributed by atoms with Gasteiger partial charge in [0.1, 0.15) is 5.75 Å². The fraction of sp³-hybridized carbons (Fsp3) is 0.350. The van der Waals surface area contributed by atoms with E-state index in [-0.39, 0.29) is 36.3 Å². The zero-order valence-corrected chi connectivity index (χ0v) is 18.9. The number of alkyl halides is 2. The van der Waals surface area contributed by atoms with Crippen LogP contribution in [0.4, 0.5) is 8.78 Å². The van der Waals surface area contributed by atoms with Crippen LogP contribution in [-0.4, -0.2) is 33.3 Å². The molecule has 29 heavy (non-hydrogen) atoms. The molecule has 0 heterocycles. The van der Waals surface area contributed by atoms with E-state index in [9.17, 15) is 8.78 Å². The molecule has 0 bridgehead atoms. The molecule has 0 amide bonds. The van der Waals surface area contributed by atoms with Gasteiger partial charge in [0.2, 0.25) is 0 Å². The Hall–Kier alpha value is -2.30. The van der Waals surface area contributed by atoms with E-state index in [2.05, 4.69) is 20.4 Å². The van der Waals surface area contributed by atoms with Gasteiger partial charge in [-0.15, -0.1) is 24.0 Å². The van der Waals surface area contributed by atoms with Crippen LogP contribution >= 0.6 is 24.0 Å². The van der Waals surface area contributed by atoms with Crippen molar-refractivity contribution in [2.45, 2.75) is 26.6 Å². The zero-order chi connectivity index (χ0) is 20.4. The first-order valence-electron chi connectivity index (χ1n) is 8.84. The Kier molecular flexibility index (Phi) is 11.1. The molecule has 0 radical (unpaired) electrons. The van der Waals surface area contributed by atoms with Gasteiger partial charge >= 0.3 is 6.61 Å². The lowest BCUT2D eigenvalue weighted by Gasteiger charge is -2.15. The van der Waals surface area contributed by atoms with Crippen molar-refractivity contribution in [1.82, 2.24) is 10.6 Å². The summed E-state index contributed by atoms with van der Waals surface area (Å²) in [5, 5.41) is 6.27. The minimum absolute atomic E-state index is 0. The van der Waals surface area contributed by atoms with Gasteiger partial charge < -0.3 is 24.8 Å². The molecule has 0 fully saturated rings. The lowest BCUT2D eigenvalue weighted by Crippen LogP contribution is -2.36. The van der Waals surface area contributed by atoms with Crippen LogP contribution in [-0.2, 0) is 13.1 Å². The Bertz CT molecular complexity index is 791. The molecule has 160 valence electrons. The maximum Gasteiger partial charge on any atom is 0.387 e. The van der Waals surface area contributed by atoms with Crippen LogP contribution in [0.25, 0.3) is 0 Å². The van der Waals surface area contributed by atoms with Crippen molar-refractivity contribution in [3.63, 3.8) is 0 Å². The lowest BCUT2D eigenvalue weighted by atomic mass is 10.2. The molecule has 0 saturated heterocycles. The molecule has 0 unspecified atom stereocenters. The van der Waals surface area contributed by atoms with Crippen molar-refractivity contribution in [3.8, 4) is 17.2 Å². The number of hydrogen-bond donors (Lipinski definition) is 2. The molecule has 9 heteroatoms. The van der Waals surface area contributed by atoms with E-state index in [1.165, 1.54) is 6.07 Å². The van der Waals surface area contributed by atoms with Crippen LogP contribution in [0.15, 0.2) is 47.5 Å². The topological polar surface area (TPSA) is 64.1 Å². The molecule has 0 aliphatic carbocycles. The highest BCUT2D eigenvalue weighted by atomic mass is 127. The molecule has 6 nitrogen and oxygen atoms in total. The number of hydrogen-bond acceptors (Lipinski definition) is 4. The van der Waals surface area contributed by atoms with Gasteiger partial charge in [-0.05, 0) is 30.7 Å². The Morgan fingerprint density at radius 3 is 2.41 bits per heavy atom. The van der Waals surface area contributed by atoms with Crippen molar-refractivity contribution in [2.75, 3.05) is 20.8 Å². The van der Waals surface area contributed by atoms with Crippen molar-refractivity contribution < 1.29 is 23.0 Å². The van der Waals surface area contributed by atoms with Gasteiger partial charge in [0.05, 0.1) is 13.7 Å². The second-order valence-corrected chi connectivity index (χ2v) is 5.68. The highest BCUT2D eigenvalue weighted by Gasteiger charge is 2.10. The summed E-state index contributed by atoms with van der Waals surface area (Å²) in [4.78, 5) is 4.15. The molecular formula is C20H26F2IN3O3. The van der Waals surface area contributed by atoms with Gasteiger partial charge in [-0.25, -0.2) is 0 Å². The molecule has 0 aromatic heterocycles. The zero-order valence-electron chi connectivity index (χ0n) is 16.6. The van der Waals surface area contributed by atoms with Crippen LogP contribution in [0, 0.1) is 0 Å². The summed E-state index contributed by atoms with van der Waals surface area (Å²) in [5.74, 6) is 2.01. The van der Waals surface area contributed by atoms with Crippen LogP contribution in [0.1, 0.15) is 18.1 Å². The molecule has 0 atom stereocenters. The summed E-state index contributed by atoms with van der Waals surface area (Å²) in [7, 11) is 3.23. The standard InChI is InChI=1S/C20H25F2N3O3.HI/c1-4-27-18-11-14(9-10-17(18)26-3)12-24-20(23-2)25-13-15-7-5-6-8-16(15)28-19(21)22;/h5-11,19H,4,12-13H2,1-3H3,(H2,23,24,25);1H. The Morgan fingerprint density at radius 1 is 1.03 bits per heavy atom. The SMILES string of the molecule is CCOc1cc(CNC(=NC)NCc2ccccc2OC(F)F)ccc1OC.I. The summed E-state index contributed by atoms with van der Waals surface area (Å²) in [6, 6.07) is 12.3. The molecule has 2 N–H and O–H groups in total. The van der Waals surface area contributed by atoms with Gasteiger partial charge in [-0.1, -0.05) is 24.3 Å². The quantitative estimate of drug-likeness (QED) is 0.295. The lowest BCUT2D eigenvalue weighted by molar-refractivity contribution is -0.0504. The average Bonchev–Trinajstić information content (AvgIpc) is 2.69. The second kappa shape index (κ2) is 13.0. The molecule has 2 rings (SSSR count). The van der Waals surface area contributed by atoms with Crippen molar-refractivity contribution in [1.29, 1.82) is 0 Å². The third-order valence-corrected chi connectivity index (χ3v) is 3.85. The van der Waals surface area contributed by atoms with Gasteiger partial charge in [-0.2, -0.15) is 8.78 Å². The first-order valence-corrected chi connectivity index (χ1v) is 8.84. The number of nitrogens with zero attached hydrogens (tertiary/aromatic N) is 1. The third-order valence-electron chi connectivity index (χ3n) is 3.85. The maximum atomic E-state index is 12.5. The number of nitrogens with one attached hydrogen (secondary N) is 2. The molecule has 2 aromatic rings. The average molecular weight is 521 g/mol. The first-order chi connectivity index (χ1) is 13.6. The number of benzene rings is 2. The number of ether oxygens (including phenoxy) is 3. The number of rotatable bonds is 9. The fourth-order valence-electron chi connectivity index (χ4n) is 2.55. The van der Waals surface area contributed by atoms with E-state index in [1.54, 1.807) is 32.4 Å². The fourth-order valence-corrected chi connectivity index (χ4v) is 2.55. The first kappa shape index (κ1) is 24.7. The Balaban J connectivity index is 0.00000420. The molecule has 0 spiro atoms. The van der Waals surface area contributed by atoms with E-state index < -0.39 is 6.61 Å². The molecule has 0 aliphatic rings. The van der Waals surface area contributed by atoms with Crippen LogP contribution in [0.5, 0.6) is 17.2 Å². The number of halogens is 3. The molecule has 0 aliphatic heterocycles. The van der Waals surface area contributed by atoms with Crippen molar-refractivity contribution in [3.05, 3.63) is 53.6 Å². The summed E-state index contributed by atoms with van der Waals surface area (Å²) in [6.07, 6.45) is 0. The van der Waals surface area contributed by atoms with E-state index in [0.29, 0.717) is 36.2 Å². The van der Waals surface area contributed by atoms with Crippen molar-refractivity contribution in [2.24, 2.45) is 4.99 Å². The van der Waals surface area contributed by atoms with Gasteiger partial charge in [0, 0.05) is 25.7 Å². The number of guanidine groups is 1. The van der Waals surface area contributed by atoms with Gasteiger partial charge in [0.25, 0.3) is 0 Å². The minimum Gasteiger partial charge on any atom is -0.493 e. The molecular weight excluding hydrogens is 495 g/mol. The smallest absolute Gasteiger partial charge is 0.387 e. The monoisotopic (exact) mass is 521 g/mol. The number of aliphatic imine (C=N–C) groups is 1. The van der Waals surface area contributed by atoms with Crippen LogP contribution in [0.2, 0.25) is 0 Å². The highest BCUT2D eigenvalue weighted by molar-refractivity contribution is 14.0. The van der Waals surface area contributed by atoms with Crippen molar-refractivity contribution >= 4 is 29.9 Å². The summed E-state index contributed by atoms with van der Waals surface area (Å²) in [5.41, 5.74) is 1.59. The highest BCUT2D eigenvalue weighted by Crippen LogP contribution is 2.28. The van der Waals surface area contributed by atoms with Crippen LogP contribution < -0.4 is 24.8 Å². The third kappa shape index (κ3) is 7.92. The van der Waals surface area contributed by atoms with Gasteiger partial charge in [-0.3, -0.25) is 4.99 Å². The predicted molar refractivity (Wildman–Crippen MR) is 120 cm³/mol. The summed E-state index contributed by atoms with van der Waals surface area (Å²) >= 11 is 0. The Labute approximate surface area is 186 Å². The second-order valence-electron chi connectivity index (χ2n) is 5.68. The van der Waals surface area contributed by atoms with E-state index in [0.717, 1.165) is 5.56 Å². The summed E-state index contributed by atoms with van der Waals surface area (Å²) in [6.45, 7) is 0.365. The van der Waals surface area contributed by atoms with E-state index in [4.69, 9.17) is 9.47 Å². The Morgan fingerprint density at radius 2 is 1.76 bits per heavy atom. The molecule has 0 saturated carbocycles. The van der Waals surface area contributed by atoms with E-state index >= 15 is 0 Å². The number of methoxy groups -OCH3 is 1. The van der Waals surface area contributed by atoms with Crippen LogP contribution in [0.3, 0.4) is 0 Å². The normalized spacial score (nSPS) is 10.9.